The summed E-state index contributed by atoms with van der Waals surface area (Å²) in [5.41, 5.74) is -17.7. The average molecular weight is 597 g/mol. The fourth-order valence-electron chi connectivity index (χ4n) is 2.97. The summed E-state index contributed by atoms with van der Waals surface area (Å²) in [6.07, 6.45) is -2.23. The number of rotatable bonds is 8. The number of esters is 2. The van der Waals surface area contributed by atoms with Crippen LogP contribution in [0.2, 0.25) is 0 Å². The zero-order valence-corrected chi connectivity index (χ0v) is 20.2. The maximum absolute atomic E-state index is 13.3. The summed E-state index contributed by atoms with van der Waals surface area (Å²) in [5, 5.41) is 14.5. The molecule has 1 heterocycles. The van der Waals surface area contributed by atoms with Gasteiger partial charge in [0.15, 0.2) is 10.3 Å². The molecule has 0 N–H and O–H groups in total. The summed E-state index contributed by atoms with van der Waals surface area (Å²) in [5.74, 6) is -3.16. The lowest BCUT2D eigenvalue weighted by molar-refractivity contribution is -0.384. The van der Waals surface area contributed by atoms with Gasteiger partial charge in [0, 0.05) is 18.6 Å². The van der Waals surface area contributed by atoms with Gasteiger partial charge in [0.05, 0.1) is 30.5 Å². The summed E-state index contributed by atoms with van der Waals surface area (Å²) in [4.78, 5) is 34.6. The molecule has 21 heteroatoms. The average Bonchev–Trinajstić information content (AvgIpc) is 3.19. The third-order valence-corrected chi connectivity index (χ3v) is 9.28. The number of nitrogens with zero attached hydrogens (tertiary/aromatic N) is 3. The largest absolute Gasteiger partial charge is 0.498 e. The number of sulfone groups is 2. The fourth-order valence-corrected chi connectivity index (χ4v) is 6.31. The first-order chi connectivity index (χ1) is 17.2. The molecule has 0 unspecified atom stereocenters. The van der Waals surface area contributed by atoms with Gasteiger partial charge in [0.25, 0.3) is 25.4 Å². The van der Waals surface area contributed by atoms with E-state index in [-0.39, 0.29) is 4.68 Å². The molecule has 210 valence electrons. The zero-order chi connectivity index (χ0) is 29.4. The highest BCUT2D eigenvalue weighted by Crippen LogP contribution is 2.39. The monoisotopic (exact) mass is 597 g/mol. The van der Waals surface area contributed by atoms with Gasteiger partial charge in [0.2, 0.25) is 0 Å². The summed E-state index contributed by atoms with van der Waals surface area (Å²) in [7, 11) is -12.9. The van der Waals surface area contributed by atoms with Gasteiger partial charge in [-0.05, 0) is 12.1 Å². The van der Waals surface area contributed by atoms with E-state index in [1.807, 2.05) is 0 Å². The van der Waals surface area contributed by atoms with Crippen LogP contribution >= 0.6 is 0 Å². The van der Waals surface area contributed by atoms with E-state index in [1.54, 1.807) is 0 Å². The van der Waals surface area contributed by atoms with Gasteiger partial charge in [-0.25, -0.2) is 31.1 Å². The number of non-ortho nitro benzene ring substituents is 1. The van der Waals surface area contributed by atoms with Crippen molar-refractivity contribution in [3.05, 3.63) is 51.3 Å². The smallest absolute Gasteiger partial charge is 0.465 e. The lowest BCUT2D eigenvalue weighted by atomic mass is 10.1. The van der Waals surface area contributed by atoms with E-state index in [9.17, 15) is 62.9 Å². The third-order valence-electron chi connectivity index (χ3n) is 4.75. The van der Waals surface area contributed by atoms with Gasteiger partial charge in [-0.15, -0.1) is 0 Å². The van der Waals surface area contributed by atoms with Crippen molar-refractivity contribution in [1.82, 2.24) is 9.78 Å². The van der Waals surface area contributed by atoms with E-state index in [1.165, 1.54) is 0 Å². The Labute approximate surface area is 207 Å². The van der Waals surface area contributed by atoms with E-state index in [4.69, 9.17) is 0 Å². The predicted octanol–water partition coefficient (Wildman–Crippen LogP) is 2.09. The molecular formula is C17H13F6N3O10S2. The Morgan fingerprint density at radius 2 is 1.39 bits per heavy atom. The minimum Gasteiger partial charge on any atom is -0.465 e. The second-order valence-electron chi connectivity index (χ2n) is 6.95. The molecule has 0 spiro atoms. The minimum absolute atomic E-state index is 0.257. The molecule has 0 radical (unpaired) electrons. The van der Waals surface area contributed by atoms with Crippen LogP contribution in [-0.4, -0.2) is 73.3 Å². The van der Waals surface area contributed by atoms with E-state index in [2.05, 4.69) is 14.6 Å². The van der Waals surface area contributed by atoms with Gasteiger partial charge in [-0.3, -0.25) is 10.1 Å². The Balaban J connectivity index is 3.03. The van der Waals surface area contributed by atoms with Crippen LogP contribution in [0.25, 0.3) is 5.69 Å². The first-order valence-electron chi connectivity index (χ1n) is 9.36. The lowest BCUT2D eigenvalue weighted by Crippen LogP contribution is -2.46. The summed E-state index contributed by atoms with van der Waals surface area (Å²) in [6.45, 7) is 0. The van der Waals surface area contributed by atoms with E-state index in [0.717, 1.165) is 31.4 Å². The molecular weight excluding hydrogens is 584 g/mol. The van der Waals surface area contributed by atoms with Gasteiger partial charge in [-0.2, -0.15) is 31.4 Å². The van der Waals surface area contributed by atoms with Crippen LogP contribution in [0.3, 0.4) is 0 Å². The SMILES string of the molecule is COC(=O)c1nn(-c2ccc([N+](=O)[O-])cc2)c(CC(S(=O)(=O)C(F)(F)F)S(=O)(=O)C(F)(F)F)c1C(=O)OC. The molecule has 1 aromatic carbocycles. The van der Waals surface area contributed by atoms with Gasteiger partial charge >= 0.3 is 23.0 Å². The van der Waals surface area contributed by atoms with Crippen molar-refractivity contribution >= 4 is 37.3 Å². The number of nitro groups is 1. The lowest BCUT2D eigenvalue weighted by Gasteiger charge is -2.21. The van der Waals surface area contributed by atoms with E-state index < -0.39 is 86.9 Å². The van der Waals surface area contributed by atoms with Gasteiger partial charge in [-0.1, -0.05) is 0 Å². The number of carbonyl (C=O) groups excluding carboxylic acids is 2. The Morgan fingerprint density at radius 1 is 0.947 bits per heavy atom. The van der Waals surface area contributed by atoms with Crippen LogP contribution in [0, 0.1) is 10.1 Å². The van der Waals surface area contributed by atoms with Crippen LogP contribution in [0.4, 0.5) is 32.0 Å². The number of hydrogen-bond donors (Lipinski definition) is 0. The van der Waals surface area contributed by atoms with Crippen LogP contribution < -0.4 is 0 Å². The second kappa shape index (κ2) is 10.2. The van der Waals surface area contributed by atoms with E-state index >= 15 is 0 Å². The molecule has 0 saturated carbocycles. The first kappa shape index (κ1) is 30.5. The first-order valence-corrected chi connectivity index (χ1v) is 12.4. The van der Waals surface area contributed by atoms with Crippen LogP contribution in [0.15, 0.2) is 24.3 Å². The molecule has 0 bridgehead atoms. The Kier molecular flexibility index (Phi) is 8.17. The molecule has 0 saturated heterocycles. The van der Waals surface area contributed by atoms with Gasteiger partial charge < -0.3 is 9.47 Å². The van der Waals surface area contributed by atoms with Crippen molar-refractivity contribution in [3.63, 3.8) is 0 Å². The number of carbonyl (C=O) groups is 2. The molecule has 1 aromatic heterocycles. The highest BCUT2D eigenvalue weighted by molar-refractivity contribution is 8.09. The zero-order valence-electron chi connectivity index (χ0n) is 18.6. The topological polar surface area (TPSA) is 182 Å². The number of aromatic nitrogens is 2. The van der Waals surface area contributed by atoms with Crippen molar-refractivity contribution in [3.8, 4) is 5.69 Å². The normalized spacial score (nSPS) is 12.9. The maximum Gasteiger partial charge on any atom is 0.498 e. The number of benzene rings is 1. The van der Waals surface area contributed by atoms with Crippen LogP contribution in [0.5, 0.6) is 0 Å². The van der Waals surface area contributed by atoms with Crippen molar-refractivity contribution in [1.29, 1.82) is 0 Å². The predicted molar refractivity (Wildman–Crippen MR) is 110 cm³/mol. The summed E-state index contributed by atoms with van der Waals surface area (Å²) >= 11 is 0. The van der Waals surface area contributed by atoms with Crippen molar-refractivity contribution in [2.75, 3.05) is 14.2 Å². The van der Waals surface area contributed by atoms with Crippen molar-refractivity contribution in [2.24, 2.45) is 0 Å². The molecule has 0 fully saturated rings. The highest BCUT2D eigenvalue weighted by Gasteiger charge is 2.63. The summed E-state index contributed by atoms with van der Waals surface area (Å²) in [6, 6.07) is 3.16. The Hall–Kier alpha value is -3.75. The summed E-state index contributed by atoms with van der Waals surface area (Å²) < 4.78 is 133. The molecule has 0 aliphatic carbocycles. The molecule has 0 aliphatic rings. The molecule has 13 nitrogen and oxygen atoms in total. The molecule has 0 aliphatic heterocycles. The molecule has 2 aromatic rings. The number of halogens is 6. The maximum atomic E-state index is 13.3. The number of methoxy groups -OCH3 is 2. The van der Waals surface area contributed by atoms with Crippen LogP contribution in [0.1, 0.15) is 26.5 Å². The van der Waals surface area contributed by atoms with E-state index in [0.29, 0.717) is 7.11 Å². The fraction of sp³-hybridized carbons (Fsp3) is 0.353. The standard InChI is InChI=1S/C17H13F6N3O10S2/c1-35-14(27)12-10(7-11(37(31,32)16(18,19)20)38(33,34)17(21,22)23)25(24-13(12)15(28)36-2)8-3-5-9(6-4-8)26(29)30/h3-6,11H,7H2,1-2H3. The molecule has 0 amide bonds. The number of ether oxygens (including phenoxy) is 2. The second-order valence-corrected chi connectivity index (χ2v) is 11.5. The van der Waals surface area contributed by atoms with Crippen LogP contribution in [-0.2, 0) is 35.6 Å². The highest BCUT2D eigenvalue weighted by atomic mass is 32.3. The van der Waals surface area contributed by atoms with Gasteiger partial charge in [0.1, 0.15) is 5.56 Å². The third kappa shape index (κ3) is 5.42. The number of hydrogen-bond acceptors (Lipinski definition) is 11. The molecule has 38 heavy (non-hydrogen) atoms. The van der Waals surface area contributed by atoms with Crippen molar-refractivity contribution in [2.45, 2.75) is 22.0 Å². The number of nitro benzene ring substituents is 1. The Morgan fingerprint density at radius 3 is 1.76 bits per heavy atom. The number of alkyl halides is 6. The quantitative estimate of drug-likeness (QED) is 0.188. The Bertz CT molecular complexity index is 1440. The van der Waals surface area contributed by atoms with Crippen molar-refractivity contribution < 1.29 is 67.2 Å². The molecule has 2 rings (SSSR count). The minimum atomic E-state index is -7.17. The molecule has 0 atom stereocenters.